The minimum atomic E-state index is 0.750. The third-order valence-electron chi connectivity index (χ3n) is 3.36. The molecule has 19 heavy (non-hydrogen) atoms. The van der Waals surface area contributed by atoms with Crippen molar-refractivity contribution in [1.29, 1.82) is 0 Å². The first-order valence-electron chi connectivity index (χ1n) is 6.71. The van der Waals surface area contributed by atoms with E-state index in [9.17, 15) is 0 Å². The van der Waals surface area contributed by atoms with E-state index in [0.29, 0.717) is 0 Å². The first-order chi connectivity index (χ1) is 9.22. The highest BCUT2D eigenvalue weighted by Gasteiger charge is 2.20. The van der Waals surface area contributed by atoms with E-state index in [4.69, 9.17) is 0 Å². The zero-order valence-corrected chi connectivity index (χ0v) is 12.2. The molecule has 3 nitrogen and oxygen atoms in total. The molecular weight excluding hydrogens is 254 g/mol. The Bertz CT molecular complexity index is 560. The molecule has 0 amide bonds. The lowest BCUT2D eigenvalue weighted by Crippen LogP contribution is -2.14. The summed E-state index contributed by atoms with van der Waals surface area (Å²) in [5, 5.41) is 4.58. The zero-order valence-electron chi connectivity index (χ0n) is 11.4. The summed E-state index contributed by atoms with van der Waals surface area (Å²) in [4.78, 5) is 7.98. The van der Waals surface area contributed by atoms with Crippen molar-refractivity contribution in [3.05, 3.63) is 40.9 Å². The molecule has 1 aromatic heterocycles. The summed E-state index contributed by atoms with van der Waals surface area (Å²) in [6.45, 7) is 3.06. The van der Waals surface area contributed by atoms with Crippen LogP contribution in [0.1, 0.15) is 23.3 Å². The molecule has 1 fully saturated rings. The maximum atomic E-state index is 4.52. The van der Waals surface area contributed by atoms with Crippen LogP contribution in [0, 0.1) is 6.92 Å². The number of hydrogen-bond acceptors (Lipinski definition) is 4. The molecule has 0 radical (unpaired) electrons. The predicted octanol–water partition coefficient (Wildman–Crippen LogP) is 3.47. The molecule has 0 saturated heterocycles. The van der Waals surface area contributed by atoms with Crippen LogP contribution in [0.2, 0.25) is 0 Å². The Kier molecular flexibility index (Phi) is 3.53. The van der Waals surface area contributed by atoms with Gasteiger partial charge in [-0.25, -0.2) is 4.98 Å². The lowest BCUT2D eigenvalue weighted by molar-refractivity contribution is 0.694. The molecule has 4 heteroatoms. The number of anilines is 2. The molecule has 1 N–H and O–H groups in total. The monoisotopic (exact) mass is 273 g/mol. The molecule has 2 aromatic rings. The average Bonchev–Trinajstić information content (AvgIpc) is 3.13. The minimum Gasteiger partial charge on any atom is -0.321 e. The van der Waals surface area contributed by atoms with E-state index >= 15 is 0 Å². The quantitative estimate of drug-likeness (QED) is 0.904. The van der Waals surface area contributed by atoms with Gasteiger partial charge in [0.15, 0.2) is 5.13 Å². The highest BCUT2D eigenvalue weighted by molar-refractivity contribution is 7.15. The first kappa shape index (κ1) is 12.6. The molecule has 1 heterocycles. The van der Waals surface area contributed by atoms with Crippen molar-refractivity contribution < 1.29 is 0 Å². The fourth-order valence-electron chi connectivity index (χ4n) is 2.01. The normalized spacial score (nSPS) is 14.6. The summed E-state index contributed by atoms with van der Waals surface area (Å²) < 4.78 is 0. The third-order valence-corrected chi connectivity index (χ3v) is 4.43. The largest absolute Gasteiger partial charge is 0.321 e. The lowest BCUT2D eigenvalue weighted by atomic mass is 10.2. The summed E-state index contributed by atoms with van der Waals surface area (Å²) in [6.07, 6.45) is 4.64. The van der Waals surface area contributed by atoms with Gasteiger partial charge in [0.25, 0.3) is 0 Å². The molecule has 1 aliphatic rings. The van der Waals surface area contributed by atoms with Crippen LogP contribution in [-0.4, -0.2) is 18.1 Å². The van der Waals surface area contributed by atoms with Crippen molar-refractivity contribution >= 4 is 22.2 Å². The van der Waals surface area contributed by atoms with Crippen LogP contribution in [-0.2, 0) is 6.54 Å². The second kappa shape index (κ2) is 5.31. The Hall–Kier alpha value is -1.39. The summed E-state index contributed by atoms with van der Waals surface area (Å²) in [7, 11) is 2.08. The Balaban J connectivity index is 1.70. The topological polar surface area (TPSA) is 28.2 Å². The van der Waals surface area contributed by atoms with Gasteiger partial charge in [-0.2, -0.15) is 0 Å². The van der Waals surface area contributed by atoms with E-state index in [2.05, 4.69) is 53.4 Å². The van der Waals surface area contributed by atoms with Crippen LogP contribution in [0.25, 0.3) is 0 Å². The lowest BCUT2D eigenvalue weighted by Gasteiger charge is -2.16. The number of thiazole rings is 1. The smallest absolute Gasteiger partial charge is 0.189 e. The van der Waals surface area contributed by atoms with Crippen LogP contribution < -0.4 is 10.2 Å². The van der Waals surface area contributed by atoms with Crippen LogP contribution >= 0.6 is 11.3 Å². The van der Waals surface area contributed by atoms with Crippen LogP contribution in [0.3, 0.4) is 0 Å². The molecule has 0 spiro atoms. The molecular formula is C15H19N3S. The number of nitrogens with one attached hydrogen (secondary N) is 1. The third kappa shape index (κ3) is 3.14. The molecule has 0 aliphatic heterocycles. The molecule has 0 atom stereocenters. The van der Waals surface area contributed by atoms with E-state index in [0.717, 1.165) is 17.7 Å². The maximum absolute atomic E-state index is 4.52. The molecule has 1 saturated carbocycles. The first-order valence-corrected chi connectivity index (χ1v) is 7.52. The van der Waals surface area contributed by atoms with Crippen molar-refractivity contribution in [2.75, 3.05) is 11.9 Å². The van der Waals surface area contributed by atoms with E-state index in [-0.39, 0.29) is 0 Å². The van der Waals surface area contributed by atoms with E-state index < -0.39 is 0 Å². The number of benzene rings is 1. The van der Waals surface area contributed by atoms with Gasteiger partial charge in [-0.05, 0) is 37.5 Å². The Morgan fingerprint density at radius 3 is 3.00 bits per heavy atom. The van der Waals surface area contributed by atoms with Gasteiger partial charge in [-0.15, -0.1) is 11.3 Å². The highest BCUT2D eigenvalue weighted by atomic mass is 32.1. The predicted molar refractivity (Wildman–Crippen MR) is 81.2 cm³/mol. The number of rotatable bonds is 5. The van der Waals surface area contributed by atoms with Gasteiger partial charge in [0.05, 0.1) is 0 Å². The summed E-state index contributed by atoms with van der Waals surface area (Å²) in [5.74, 6) is 0. The Morgan fingerprint density at radius 2 is 2.26 bits per heavy atom. The summed E-state index contributed by atoms with van der Waals surface area (Å²) in [6, 6.07) is 9.26. The van der Waals surface area contributed by atoms with Crippen molar-refractivity contribution in [1.82, 2.24) is 10.3 Å². The average molecular weight is 273 g/mol. The highest BCUT2D eigenvalue weighted by Crippen LogP contribution is 2.29. The number of aromatic nitrogens is 1. The van der Waals surface area contributed by atoms with E-state index in [1.807, 2.05) is 6.20 Å². The standard InChI is InChI=1S/C15H19N3S/c1-11-4-3-5-13(8-11)18(2)15-17-10-14(19-15)9-16-12-6-7-12/h3-5,8,10,12,16H,6-7,9H2,1-2H3. The molecule has 1 aliphatic carbocycles. The number of hydrogen-bond donors (Lipinski definition) is 1. The maximum Gasteiger partial charge on any atom is 0.189 e. The van der Waals surface area contributed by atoms with E-state index in [1.165, 1.54) is 29.0 Å². The van der Waals surface area contributed by atoms with Crippen molar-refractivity contribution in [2.24, 2.45) is 0 Å². The molecule has 1 aromatic carbocycles. The van der Waals surface area contributed by atoms with Gasteiger partial charge in [0, 0.05) is 36.4 Å². The van der Waals surface area contributed by atoms with Gasteiger partial charge < -0.3 is 10.2 Å². The van der Waals surface area contributed by atoms with Crippen LogP contribution in [0.15, 0.2) is 30.5 Å². The van der Waals surface area contributed by atoms with Crippen molar-refractivity contribution in [3.8, 4) is 0 Å². The van der Waals surface area contributed by atoms with Gasteiger partial charge in [-0.1, -0.05) is 12.1 Å². The van der Waals surface area contributed by atoms with Gasteiger partial charge >= 0.3 is 0 Å². The fraction of sp³-hybridized carbons (Fsp3) is 0.400. The van der Waals surface area contributed by atoms with Gasteiger partial charge in [0.1, 0.15) is 0 Å². The Morgan fingerprint density at radius 1 is 1.42 bits per heavy atom. The van der Waals surface area contributed by atoms with Crippen molar-refractivity contribution in [2.45, 2.75) is 32.4 Å². The Labute approximate surface area is 118 Å². The molecule has 0 bridgehead atoms. The van der Waals surface area contributed by atoms with Gasteiger partial charge in [-0.3, -0.25) is 0 Å². The summed E-state index contributed by atoms with van der Waals surface area (Å²) >= 11 is 1.76. The SMILES string of the molecule is Cc1cccc(N(C)c2ncc(CNC3CC3)s2)c1. The minimum absolute atomic E-state index is 0.750. The molecule has 3 rings (SSSR count). The second-order valence-electron chi connectivity index (χ2n) is 5.16. The van der Waals surface area contributed by atoms with E-state index in [1.54, 1.807) is 11.3 Å². The zero-order chi connectivity index (χ0) is 13.2. The summed E-state index contributed by atoms with van der Waals surface area (Å²) in [5.41, 5.74) is 2.47. The van der Waals surface area contributed by atoms with Crippen LogP contribution in [0.4, 0.5) is 10.8 Å². The number of nitrogens with zero attached hydrogens (tertiary/aromatic N) is 2. The molecule has 0 unspecified atom stereocenters. The fourth-order valence-corrected chi connectivity index (χ4v) is 2.86. The second-order valence-corrected chi connectivity index (χ2v) is 6.26. The van der Waals surface area contributed by atoms with Crippen LogP contribution in [0.5, 0.6) is 0 Å². The molecule has 100 valence electrons. The number of aryl methyl sites for hydroxylation is 1. The van der Waals surface area contributed by atoms with Crippen molar-refractivity contribution in [3.63, 3.8) is 0 Å². The van der Waals surface area contributed by atoms with Gasteiger partial charge in [0.2, 0.25) is 0 Å².